The van der Waals surface area contributed by atoms with Crippen LogP contribution in [0.1, 0.15) is 17.2 Å². The van der Waals surface area contributed by atoms with Gasteiger partial charge in [0.25, 0.3) is 0 Å². The fourth-order valence-corrected chi connectivity index (χ4v) is 2.62. The van der Waals surface area contributed by atoms with Crippen LogP contribution in [-0.2, 0) is 6.42 Å². The molecule has 2 nitrogen and oxygen atoms in total. The number of halogens is 4. The quantitative estimate of drug-likeness (QED) is 0.637. The second-order valence-corrected chi connectivity index (χ2v) is 5.44. The Bertz CT molecular complexity index is 619. The predicted molar refractivity (Wildman–Crippen MR) is 81.6 cm³/mol. The van der Waals surface area contributed by atoms with Crippen LogP contribution in [-0.4, -0.2) is 0 Å². The lowest BCUT2D eigenvalue weighted by molar-refractivity contribution is 0.549. The first-order valence-corrected chi connectivity index (χ1v) is 7.01. The van der Waals surface area contributed by atoms with E-state index >= 15 is 0 Å². The third-order valence-electron chi connectivity index (χ3n) is 3.01. The first kappa shape index (κ1) is 15.5. The van der Waals surface area contributed by atoms with Crippen molar-refractivity contribution < 1.29 is 4.39 Å². The van der Waals surface area contributed by atoms with Crippen LogP contribution in [0.4, 0.5) is 4.39 Å². The van der Waals surface area contributed by atoms with Gasteiger partial charge in [0.1, 0.15) is 5.82 Å². The fraction of sp³-hybridized carbons (Fsp3) is 0.143. The molecular formula is C14H12Cl3FN2. The van der Waals surface area contributed by atoms with Gasteiger partial charge in [0.15, 0.2) is 0 Å². The average Bonchev–Trinajstić information content (AvgIpc) is 2.44. The Morgan fingerprint density at radius 1 is 1.05 bits per heavy atom. The van der Waals surface area contributed by atoms with E-state index in [0.717, 1.165) is 5.56 Å². The van der Waals surface area contributed by atoms with Crippen LogP contribution in [0.3, 0.4) is 0 Å². The Balaban J connectivity index is 2.34. The molecule has 0 radical (unpaired) electrons. The van der Waals surface area contributed by atoms with E-state index in [4.69, 9.17) is 40.6 Å². The lowest BCUT2D eigenvalue weighted by Gasteiger charge is -2.19. The molecular weight excluding hydrogens is 322 g/mol. The highest BCUT2D eigenvalue weighted by Gasteiger charge is 2.17. The summed E-state index contributed by atoms with van der Waals surface area (Å²) in [6.45, 7) is 0. The first-order chi connectivity index (χ1) is 9.54. The number of hydrazine groups is 1. The second-order valence-electron chi connectivity index (χ2n) is 4.28. The van der Waals surface area contributed by atoms with E-state index in [1.807, 2.05) is 6.07 Å². The van der Waals surface area contributed by atoms with Gasteiger partial charge >= 0.3 is 0 Å². The highest BCUT2D eigenvalue weighted by molar-refractivity contribution is 6.42. The fourth-order valence-electron chi connectivity index (χ4n) is 1.97. The predicted octanol–water partition coefficient (Wildman–Crippen LogP) is 4.53. The summed E-state index contributed by atoms with van der Waals surface area (Å²) in [5.74, 6) is 5.11. The van der Waals surface area contributed by atoms with Crippen molar-refractivity contribution >= 4 is 34.8 Å². The summed E-state index contributed by atoms with van der Waals surface area (Å²) >= 11 is 18.1. The largest absolute Gasteiger partial charge is 0.271 e. The maximum Gasteiger partial charge on any atom is 0.142 e. The summed E-state index contributed by atoms with van der Waals surface area (Å²) in [7, 11) is 0. The van der Waals surface area contributed by atoms with E-state index in [1.165, 1.54) is 6.07 Å². The number of hydrogen-bond donors (Lipinski definition) is 2. The minimum Gasteiger partial charge on any atom is -0.271 e. The van der Waals surface area contributed by atoms with Crippen LogP contribution in [0.2, 0.25) is 15.1 Å². The van der Waals surface area contributed by atoms with Crippen LogP contribution in [0, 0.1) is 5.82 Å². The van der Waals surface area contributed by atoms with E-state index in [2.05, 4.69) is 5.43 Å². The van der Waals surface area contributed by atoms with Crippen LogP contribution in [0.25, 0.3) is 0 Å². The van der Waals surface area contributed by atoms with E-state index < -0.39 is 5.82 Å². The van der Waals surface area contributed by atoms with Crippen molar-refractivity contribution in [2.45, 2.75) is 12.5 Å². The summed E-state index contributed by atoms with van der Waals surface area (Å²) in [5, 5.41) is 0.949. The second kappa shape index (κ2) is 6.74. The lowest BCUT2D eigenvalue weighted by Crippen LogP contribution is -2.30. The van der Waals surface area contributed by atoms with Gasteiger partial charge in [0, 0.05) is 0 Å². The highest BCUT2D eigenvalue weighted by Crippen LogP contribution is 2.32. The molecule has 1 atom stereocenters. The van der Waals surface area contributed by atoms with Crippen LogP contribution < -0.4 is 11.3 Å². The summed E-state index contributed by atoms with van der Waals surface area (Å²) in [5.41, 5.74) is 4.04. The number of rotatable bonds is 4. The molecule has 0 aliphatic rings. The molecule has 2 aromatic rings. The van der Waals surface area contributed by atoms with Gasteiger partial charge < -0.3 is 0 Å². The molecule has 0 fully saturated rings. The molecule has 6 heteroatoms. The summed E-state index contributed by atoms with van der Waals surface area (Å²) in [6.07, 6.45) is 0.396. The Labute approximate surface area is 131 Å². The van der Waals surface area contributed by atoms with Gasteiger partial charge in [-0.15, -0.1) is 0 Å². The summed E-state index contributed by atoms with van der Waals surface area (Å²) in [4.78, 5) is 0. The molecule has 20 heavy (non-hydrogen) atoms. The minimum absolute atomic E-state index is 0.0888. The monoisotopic (exact) mass is 332 g/mol. The van der Waals surface area contributed by atoms with Crippen LogP contribution in [0.15, 0.2) is 36.4 Å². The van der Waals surface area contributed by atoms with Gasteiger partial charge in [0.05, 0.1) is 21.1 Å². The number of benzene rings is 2. The third-order valence-corrected chi connectivity index (χ3v) is 4.27. The van der Waals surface area contributed by atoms with Crippen molar-refractivity contribution in [2.24, 2.45) is 5.84 Å². The zero-order valence-electron chi connectivity index (χ0n) is 10.3. The average molecular weight is 334 g/mol. The Hall–Kier alpha value is -0.840. The Kier molecular flexibility index (Phi) is 5.24. The molecule has 0 bridgehead atoms. The molecule has 0 amide bonds. The molecule has 106 valence electrons. The van der Waals surface area contributed by atoms with Gasteiger partial charge in [-0.3, -0.25) is 11.3 Å². The van der Waals surface area contributed by atoms with Crippen molar-refractivity contribution in [2.75, 3.05) is 0 Å². The molecule has 3 N–H and O–H groups in total. The molecule has 0 aliphatic heterocycles. The minimum atomic E-state index is -0.461. The maximum absolute atomic E-state index is 13.4. The van der Waals surface area contributed by atoms with E-state index in [1.54, 1.807) is 24.3 Å². The molecule has 1 unspecified atom stereocenters. The SMILES string of the molecule is NNC(Cc1cccc(F)c1Cl)c1cccc(Cl)c1Cl. The van der Waals surface area contributed by atoms with Crippen molar-refractivity contribution in [1.29, 1.82) is 0 Å². The normalized spacial score (nSPS) is 12.4. The molecule has 0 saturated carbocycles. The van der Waals surface area contributed by atoms with Crippen molar-refractivity contribution in [3.63, 3.8) is 0 Å². The molecule has 0 aromatic heterocycles. The molecule has 2 rings (SSSR count). The Morgan fingerprint density at radius 3 is 2.45 bits per heavy atom. The molecule has 0 saturated heterocycles. The van der Waals surface area contributed by atoms with Crippen LogP contribution in [0.5, 0.6) is 0 Å². The van der Waals surface area contributed by atoms with Crippen molar-refractivity contribution in [1.82, 2.24) is 5.43 Å². The Morgan fingerprint density at radius 2 is 1.75 bits per heavy atom. The molecule has 0 heterocycles. The summed E-state index contributed by atoms with van der Waals surface area (Å²) in [6, 6.07) is 9.62. The van der Waals surface area contributed by atoms with Gasteiger partial charge in [0.2, 0.25) is 0 Å². The first-order valence-electron chi connectivity index (χ1n) is 5.87. The lowest BCUT2D eigenvalue weighted by atomic mass is 9.99. The van der Waals surface area contributed by atoms with Crippen molar-refractivity contribution in [3.05, 3.63) is 68.4 Å². The van der Waals surface area contributed by atoms with Gasteiger partial charge in [-0.1, -0.05) is 59.1 Å². The third kappa shape index (κ3) is 3.25. The van der Waals surface area contributed by atoms with E-state index in [9.17, 15) is 4.39 Å². The number of nitrogens with two attached hydrogens (primary N) is 1. The molecule has 2 aromatic carbocycles. The van der Waals surface area contributed by atoms with Gasteiger partial charge in [-0.2, -0.15) is 0 Å². The topological polar surface area (TPSA) is 38.0 Å². The van der Waals surface area contributed by atoms with Crippen molar-refractivity contribution in [3.8, 4) is 0 Å². The smallest absolute Gasteiger partial charge is 0.142 e. The zero-order valence-corrected chi connectivity index (χ0v) is 12.6. The maximum atomic E-state index is 13.4. The van der Waals surface area contributed by atoms with Gasteiger partial charge in [-0.25, -0.2) is 4.39 Å². The van der Waals surface area contributed by atoms with Crippen LogP contribution >= 0.6 is 34.8 Å². The van der Waals surface area contributed by atoms with E-state index in [0.29, 0.717) is 22.0 Å². The highest BCUT2D eigenvalue weighted by atomic mass is 35.5. The summed E-state index contributed by atoms with van der Waals surface area (Å²) < 4.78 is 13.4. The standard InChI is InChI=1S/C14H12Cl3FN2/c15-10-5-2-4-9(14(10)17)12(20-19)7-8-3-1-6-11(18)13(8)16/h1-6,12,20H,7,19H2. The number of hydrogen-bond acceptors (Lipinski definition) is 2. The number of nitrogens with one attached hydrogen (secondary N) is 1. The van der Waals surface area contributed by atoms with E-state index in [-0.39, 0.29) is 11.1 Å². The molecule has 0 aliphatic carbocycles. The molecule has 0 spiro atoms. The zero-order chi connectivity index (χ0) is 14.7. The van der Waals surface area contributed by atoms with Gasteiger partial charge in [-0.05, 0) is 29.7 Å².